The second kappa shape index (κ2) is 6.70. The van der Waals surface area contributed by atoms with Crippen molar-refractivity contribution < 1.29 is 9.90 Å². The molecule has 1 aromatic rings. The molecule has 0 spiro atoms. The highest BCUT2D eigenvalue weighted by Crippen LogP contribution is 2.01. The second-order valence-corrected chi connectivity index (χ2v) is 5.48. The minimum absolute atomic E-state index is 0.0393. The van der Waals surface area contributed by atoms with Crippen LogP contribution in [0.15, 0.2) is 10.2 Å². The number of nitrogens with one attached hydrogen (secondary N) is 1. The van der Waals surface area contributed by atoms with Crippen molar-refractivity contribution in [1.29, 1.82) is 0 Å². The molecule has 0 aromatic carbocycles. The molecular weight excluding hydrogens is 252 g/mol. The van der Waals surface area contributed by atoms with Crippen molar-refractivity contribution in [2.45, 2.75) is 39.8 Å². The Bertz CT molecular complexity index is 450. The van der Waals surface area contributed by atoms with Crippen molar-refractivity contribution >= 4 is 17.2 Å². The molecule has 0 aliphatic carbocycles. The molecule has 2 N–H and O–H groups in total. The number of hydrogen-bond acceptors (Lipinski definition) is 4. The van der Waals surface area contributed by atoms with E-state index in [2.05, 4.69) is 5.32 Å². The van der Waals surface area contributed by atoms with Crippen LogP contribution >= 0.6 is 11.3 Å². The first-order chi connectivity index (χ1) is 8.41. The van der Waals surface area contributed by atoms with Crippen LogP contribution in [0.1, 0.15) is 26.0 Å². The van der Waals surface area contributed by atoms with Crippen LogP contribution in [0.25, 0.3) is 0 Å². The summed E-state index contributed by atoms with van der Waals surface area (Å²) in [6.07, 6.45) is -0.276. The van der Waals surface area contributed by atoms with Crippen LogP contribution in [0.4, 0.5) is 0 Å². The van der Waals surface area contributed by atoms with E-state index < -0.39 is 6.10 Å². The number of carbonyl (C=O) groups excluding carboxylic acids is 1. The van der Waals surface area contributed by atoms with E-state index in [4.69, 9.17) is 0 Å². The normalized spacial score (nSPS) is 12.7. The van der Waals surface area contributed by atoms with Gasteiger partial charge in [0.15, 0.2) is 0 Å². The SMILES string of the molecule is Cc1csc(=O)n1CCC(=O)NCC(O)C(C)C. The third-order valence-corrected chi connectivity index (χ3v) is 3.70. The van der Waals surface area contributed by atoms with Crippen LogP contribution < -0.4 is 10.2 Å². The molecule has 1 rings (SSSR count). The van der Waals surface area contributed by atoms with Gasteiger partial charge >= 0.3 is 4.87 Å². The van der Waals surface area contributed by atoms with Crippen molar-refractivity contribution in [3.63, 3.8) is 0 Å². The first-order valence-corrected chi connectivity index (χ1v) is 6.89. The van der Waals surface area contributed by atoms with Crippen molar-refractivity contribution in [1.82, 2.24) is 9.88 Å². The molecule has 1 unspecified atom stereocenters. The van der Waals surface area contributed by atoms with Crippen molar-refractivity contribution in [2.75, 3.05) is 6.54 Å². The lowest BCUT2D eigenvalue weighted by atomic mass is 10.1. The first-order valence-electron chi connectivity index (χ1n) is 6.01. The lowest BCUT2D eigenvalue weighted by molar-refractivity contribution is -0.121. The highest BCUT2D eigenvalue weighted by atomic mass is 32.1. The van der Waals surface area contributed by atoms with Gasteiger partial charge in [-0.15, -0.1) is 0 Å². The molecule has 0 fully saturated rings. The van der Waals surface area contributed by atoms with E-state index >= 15 is 0 Å². The quantitative estimate of drug-likeness (QED) is 0.802. The number of aromatic nitrogens is 1. The average molecular weight is 272 g/mol. The maximum atomic E-state index is 11.6. The molecule has 5 nitrogen and oxygen atoms in total. The lowest BCUT2D eigenvalue weighted by Crippen LogP contribution is -2.35. The Kier molecular flexibility index (Phi) is 5.55. The predicted octanol–water partition coefficient (Wildman–Crippen LogP) is 0.741. The van der Waals surface area contributed by atoms with Crippen LogP contribution in [0, 0.1) is 12.8 Å². The number of aryl methyl sites for hydroxylation is 1. The average Bonchev–Trinajstić information content (AvgIpc) is 2.63. The molecule has 1 heterocycles. The zero-order valence-corrected chi connectivity index (χ0v) is 11.8. The van der Waals surface area contributed by atoms with Gasteiger partial charge in [0.2, 0.25) is 5.91 Å². The number of aliphatic hydroxyl groups excluding tert-OH is 1. The van der Waals surface area contributed by atoms with Crippen LogP contribution in [0.2, 0.25) is 0 Å². The minimum Gasteiger partial charge on any atom is -0.391 e. The molecule has 102 valence electrons. The largest absolute Gasteiger partial charge is 0.391 e. The summed E-state index contributed by atoms with van der Waals surface area (Å²) in [6.45, 7) is 6.28. The van der Waals surface area contributed by atoms with E-state index in [0.29, 0.717) is 6.54 Å². The van der Waals surface area contributed by atoms with Gasteiger partial charge in [0, 0.05) is 30.6 Å². The fourth-order valence-corrected chi connectivity index (χ4v) is 2.19. The highest BCUT2D eigenvalue weighted by molar-refractivity contribution is 7.07. The summed E-state index contributed by atoms with van der Waals surface area (Å²) < 4.78 is 1.59. The number of rotatable bonds is 6. The zero-order valence-electron chi connectivity index (χ0n) is 11.0. The molecule has 0 saturated carbocycles. The summed E-state index contributed by atoms with van der Waals surface area (Å²) >= 11 is 1.14. The summed E-state index contributed by atoms with van der Waals surface area (Å²) in [5.74, 6) is -0.0285. The smallest absolute Gasteiger partial charge is 0.307 e. The van der Waals surface area contributed by atoms with E-state index in [-0.39, 0.29) is 29.7 Å². The van der Waals surface area contributed by atoms with Crippen LogP contribution in [0.5, 0.6) is 0 Å². The van der Waals surface area contributed by atoms with Gasteiger partial charge in [-0.1, -0.05) is 25.2 Å². The summed E-state index contributed by atoms with van der Waals surface area (Å²) in [7, 11) is 0. The lowest BCUT2D eigenvalue weighted by Gasteiger charge is -2.15. The van der Waals surface area contributed by atoms with E-state index in [0.717, 1.165) is 17.0 Å². The van der Waals surface area contributed by atoms with Gasteiger partial charge in [0.25, 0.3) is 0 Å². The molecule has 0 aliphatic heterocycles. The van der Waals surface area contributed by atoms with Gasteiger partial charge in [-0.25, -0.2) is 0 Å². The Morgan fingerprint density at radius 2 is 2.22 bits per heavy atom. The van der Waals surface area contributed by atoms with Gasteiger partial charge in [0.05, 0.1) is 6.10 Å². The summed E-state index contributed by atoms with van der Waals surface area (Å²) in [6, 6.07) is 0. The first kappa shape index (κ1) is 14.9. The Labute approximate surface area is 110 Å². The van der Waals surface area contributed by atoms with Gasteiger partial charge in [-0.2, -0.15) is 0 Å². The molecule has 1 atom stereocenters. The molecule has 0 radical (unpaired) electrons. The van der Waals surface area contributed by atoms with E-state index in [9.17, 15) is 14.7 Å². The standard InChI is InChI=1S/C12H20N2O3S/c1-8(2)10(15)6-13-11(16)4-5-14-9(3)7-18-12(14)17/h7-8,10,15H,4-6H2,1-3H3,(H,13,16). The van der Waals surface area contributed by atoms with Gasteiger partial charge in [0.1, 0.15) is 0 Å². The zero-order chi connectivity index (χ0) is 13.7. The van der Waals surface area contributed by atoms with Crippen molar-refractivity contribution in [2.24, 2.45) is 5.92 Å². The van der Waals surface area contributed by atoms with E-state index in [1.165, 1.54) is 0 Å². The van der Waals surface area contributed by atoms with Crippen LogP contribution in [0.3, 0.4) is 0 Å². The Balaban J connectivity index is 2.36. The number of nitrogens with zero attached hydrogens (tertiary/aromatic N) is 1. The third kappa shape index (κ3) is 4.27. The molecule has 0 bridgehead atoms. The Morgan fingerprint density at radius 1 is 1.56 bits per heavy atom. The summed E-state index contributed by atoms with van der Waals surface area (Å²) in [5, 5.41) is 14.0. The maximum Gasteiger partial charge on any atom is 0.307 e. The highest BCUT2D eigenvalue weighted by Gasteiger charge is 2.11. The Morgan fingerprint density at radius 3 is 2.72 bits per heavy atom. The number of hydrogen-bond donors (Lipinski definition) is 2. The molecule has 6 heteroatoms. The van der Waals surface area contributed by atoms with Crippen LogP contribution in [-0.4, -0.2) is 28.2 Å². The second-order valence-electron chi connectivity index (χ2n) is 4.66. The predicted molar refractivity (Wildman–Crippen MR) is 71.8 cm³/mol. The molecule has 1 aromatic heterocycles. The van der Waals surface area contributed by atoms with E-state index in [1.807, 2.05) is 20.8 Å². The Hall–Kier alpha value is -1.14. The molecular formula is C12H20N2O3S. The van der Waals surface area contributed by atoms with Crippen molar-refractivity contribution in [3.8, 4) is 0 Å². The number of thiazole rings is 1. The van der Waals surface area contributed by atoms with Crippen molar-refractivity contribution in [3.05, 3.63) is 20.7 Å². The topological polar surface area (TPSA) is 71.3 Å². The molecule has 18 heavy (non-hydrogen) atoms. The molecule has 1 amide bonds. The summed E-state index contributed by atoms with van der Waals surface area (Å²) in [4.78, 5) is 22.9. The maximum absolute atomic E-state index is 11.6. The fourth-order valence-electron chi connectivity index (χ4n) is 1.43. The van der Waals surface area contributed by atoms with Gasteiger partial charge in [-0.3, -0.25) is 9.59 Å². The monoisotopic (exact) mass is 272 g/mol. The third-order valence-electron chi connectivity index (χ3n) is 2.82. The molecule has 0 aliphatic rings. The minimum atomic E-state index is -0.528. The van der Waals surface area contributed by atoms with Gasteiger partial charge in [-0.05, 0) is 12.8 Å². The van der Waals surface area contributed by atoms with Gasteiger partial charge < -0.3 is 15.0 Å². The van der Waals surface area contributed by atoms with E-state index in [1.54, 1.807) is 9.95 Å². The van der Waals surface area contributed by atoms with Crippen LogP contribution in [-0.2, 0) is 11.3 Å². The summed E-state index contributed by atoms with van der Waals surface area (Å²) in [5.41, 5.74) is 0.875. The number of carbonyl (C=O) groups is 1. The number of amides is 1. The molecule has 0 saturated heterocycles. The fraction of sp³-hybridized carbons (Fsp3) is 0.667. The number of aliphatic hydroxyl groups is 1.